The molecular formula is C26H19F3N6O3. The minimum atomic E-state index is -4.85. The Morgan fingerprint density at radius 1 is 0.974 bits per heavy atom. The molecule has 5 aromatic rings. The van der Waals surface area contributed by atoms with Gasteiger partial charge in [-0.15, -0.1) is 0 Å². The van der Waals surface area contributed by atoms with Crippen LogP contribution in [0.2, 0.25) is 0 Å². The van der Waals surface area contributed by atoms with Crippen molar-refractivity contribution < 1.29 is 22.4 Å². The van der Waals surface area contributed by atoms with Gasteiger partial charge in [0, 0.05) is 23.1 Å². The third-order valence-corrected chi connectivity index (χ3v) is 5.52. The summed E-state index contributed by atoms with van der Waals surface area (Å²) in [6.45, 7) is 1.72. The summed E-state index contributed by atoms with van der Waals surface area (Å²) in [7, 11) is 0. The van der Waals surface area contributed by atoms with Crippen LogP contribution in [0.3, 0.4) is 0 Å². The third-order valence-electron chi connectivity index (χ3n) is 5.52. The Hall–Kier alpha value is -5.13. The first kappa shape index (κ1) is 24.6. The second-order valence-electron chi connectivity index (χ2n) is 8.25. The highest BCUT2D eigenvalue weighted by Gasteiger charge is 2.38. The number of rotatable bonds is 6. The molecule has 4 N–H and O–H groups in total. The highest BCUT2D eigenvalue weighted by atomic mass is 19.4. The first-order valence-corrected chi connectivity index (χ1v) is 11.2. The van der Waals surface area contributed by atoms with E-state index < -0.39 is 29.0 Å². The van der Waals surface area contributed by atoms with E-state index in [-0.39, 0.29) is 11.6 Å². The molecule has 5 rings (SSSR count). The van der Waals surface area contributed by atoms with Crippen LogP contribution in [0.4, 0.5) is 42.0 Å². The quantitative estimate of drug-likeness (QED) is 0.217. The topological polar surface area (TPSA) is 125 Å². The zero-order valence-electron chi connectivity index (χ0n) is 19.7. The molecule has 0 spiro atoms. The van der Waals surface area contributed by atoms with Gasteiger partial charge in [-0.1, -0.05) is 24.3 Å². The molecule has 2 heterocycles. The van der Waals surface area contributed by atoms with Crippen molar-refractivity contribution in [1.29, 1.82) is 0 Å². The van der Waals surface area contributed by atoms with Crippen molar-refractivity contribution in [2.75, 3.05) is 16.0 Å². The van der Waals surface area contributed by atoms with Crippen LogP contribution < -0.4 is 21.7 Å². The lowest BCUT2D eigenvalue weighted by Gasteiger charge is -2.18. The largest absolute Gasteiger partial charge is 0.419 e. The number of benzene rings is 3. The van der Waals surface area contributed by atoms with Crippen LogP contribution in [0, 0.1) is 6.92 Å². The molecule has 0 aliphatic carbocycles. The number of anilines is 5. The van der Waals surface area contributed by atoms with Crippen molar-refractivity contribution in [3.05, 3.63) is 100 Å². The molecule has 3 aromatic carbocycles. The number of carbonyl (C=O) groups excluding carboxylic acids is 1. The maximum atomic E-state index is 14.2. The maximum absolute atomic E-state index is 14.2. The molecule has 2 aromatic heterocycles. The summed E-state index contributed by atoms with van der Waals surface area (Å²) >= 11 is 0. The number of hydrogen-bond donors (Lipinski definition) is 4. The van der Waals surface area contributed by atoms with E-state index in [1.54, 1.807) is 55.5 Å². The van der Waals surface area contributed by atoms with Gasteiger partial charge in [-0.25, -0.2) is 9.78 Å². The van der Waals surface area contributed by atoms with Crippen LogP contribution in [-0.2, 0) is 6.18 Å². The molecule has 0 unspecified atom stereocenters. The van der Waals surface area contributed by atoms with E-state index in [9.17, 15) is 22.8 Å². The number of nitrogens with zero attached hydrogens (tertiary/aromatic N) is 2. The van der Waals surface area contributed by atoms with Gasteiger partial charge in [-0.05, 0) is 49.4 Å². The predicted octanol–water partition coefficient (Wildman–Crippen LogP) is 5.98. The monoisotopic (exact) mass is 520 g/mol. The number of amides is 1. The van der Waals surface area contributed by atoms with Gasteiger partial charge in [0.05, 0.1) is 22.3 Å². The Morgan fingerprint density at radius 2 is 1.76 bits per heavy atom. The number of H-pyrrole nitrogens is 1. The SMILES string of the molecule is Cc1cnc(Nc2cccc(C(=O)Nc3ccccc3)c2C(F)(F)F)nc1Nc1ccc2oc(=O)[nH]c2c1. The van der Waals surface area contributed by atoms with Crippen LogP contribution >= 0.6 is 0 Å². The average Bonchev–Trinajstić information content (AvgIpc) is 3.25. The summed E-state index contributed by atoms with van der Waals surface area (Å²) < 4.78 is 47.5. The minimum Gasteiger partial charge on any atom is -0.408 e. The standard InChI is InChI=1S/C26H19F3N6O3/c1-14-13-30-24(35-22(14)31-16-10-11-20-19(12-16)34-25(37)38-20)33-18-9-5-8-17(21(18)26(27,28)29)23(36)32-15-6-3-2-4-7-15/h2-13H,1H3,(H,32,36)(H,34,37)(H2,30,31,33,35). The summed E-state index contributed by atoms with van der Waals surface area (Å²) in [6.07, 6.45) is -3.41. The number of fused-ring (bicyclic) bond motifs is 1. The smallest absolute Gasteiger partial charge is 0.408 e. The van der Waals surface area contributed by atoms with E-state index in [1.165, 1.54) is 18.3 Å². The van der Waals surface area contributed by atoms with E-state index in [0.717, 1.165) is 6.07 Å². The number of alkyl halides is 3. The van der Waals surface area contributed by atoms with Crippen LogP contribution in [-0.4, -0.2) is 20.9 Å². The molecule has 38 heavy (non-hydrogen) atoms. The highest BCUT2D eigenvalue weighted by molar-refractivity contribution is 6.06. The summed E-state index contributed by atoms with van der Waals surface area (Å²) in [4.78, 5) is 35.1. The molecule has 0 aliphatic rings. The van der Waals surface area contributed by atoms with E-state index in [0.29, 0.717) is 33.9 Å². The maximum Gasteiger partial charge on any atom is 0.419 e. The summed E-state index contributed by atoms with van der Waals surface area (Å²) in [5.41, 5.74) is 0.273. The van der Waals surface area contributed by atoms with Gasteiger partial charge >= 0.3 is 11.9 Å². The lowest BCUT2D eigenvalue weighted by Crippen LogP contribution is -2.20. The second kappa shape index (κ2) is 9.73. The summed E-state index contributed by atoms with van der Waals surface area (Å²) in [6, 6.07) is 16.7. The normalized spacial score (nSPS) is 11.4. The van der Waals surface area contributed by atoms with Gasteiger partial charge < -0.3 is 20.4 Å². The number of aryl methyl sites for hydroxylation is 1. The van der Waals surface area contributed by atoms with Gasteiger partial charge in [-0.2, -0.15) is 18.2 Å². The number of carbonyl (C=O) groups is 1. The van der Waals surface area contributed by atoms with Crippen molar-refractivity contribution in [3.63, 3.8) is 0 Å². The fourth-order valence-corrected chi connectivity index (χ4v) is 3.79. The second-order valence-corrected chi connectivity index (χ2v) is 8.25. The third kappa shape index (κ3) is 5.19. The summed E-state index contributed by atoms with van der Waals surface area (Å²) in [5.74, 6) is -1.31. The highest BCUT2D eigenvalue weighted by Crippen LogP contribution is 2.39. The fraction of sp³-hybridized carbons (Fsp3) is 0.0769. The number of aromatic amines is 1. The number of nitrogens with one attached hydrogen (secondary N) is 4. The number of hydrogen-bond acceptors (Lipinski definition) is 7. The van der Waals surface area contributed by atoms with Gasteiger partial charge in [0.1, 0.15) is 5.82 Å². The van der Waals surface area contributed by atoms with Crippen molar-refractivity contribution in [2.24, 2.45) is 0 Å². The molecule has 0 fully saturated rings. The van der Waals surface area contributed by atoms with E-state index in [4.69, 9.17) is 4.42 Å². The fourth-order valence-electron chi connectivity index (χ4n) is 3.79. The van der Waals surface area contributed by atoms with Gasteiger partial charge in [-0.3, -0.25) is 9.78 Å². The Labute approximate surface area is 212 Å². The van der Waals surface area contributed by atoms with Crippen molar-refractivity contribution in [1.82, 2.24) is 15.0 Å². The summed E-state index contributed by atoms with van der Waals surface area (Å²) in [5, 5.41) is 8.14. The molecule has 1 amide bonds. The van der Waals surface area contributed by atoms with E-state index in [1.807, 2.05) is 0 Å². The van der Waals surface area contributed by atoms with Crippen molar-refractivity contribution >= 4 is 45.8 Å². The number of halogens is 3. The molecule has 0 saturated heterocycles. The minimum absolute atomic E-state index is 0.123. The molecule has 192 valence electrons. The molecule has 0 aliphatic heterocycles. The van der Waals surface area contributed by atoms with Crippen LogP contribution in [0.1, 0.15) is 21.5 Å². The predicted molar refractivity (Wildman–Crippen MR) is 136 cm³/mol. The first-order chi connectivity index (χ1) is 18.2. The van der Waals surface area contributed by atoms with E-state index in [2.05, 4.69) is 30.9 Å². The number of oxazole rings is 1. The van der Waals surface area contributed by atoms with Crippen molar-refractivity contribution in [2.45, 2.75) is 13.1 Å². The van der Waals surface area contributed by atoms with Crippen LogP contribution in [0.25, 0.3) is 11.1 Å². The zero-order chi connectivity index (χ0) is 26.9. The Balaban J connectivity index is 1.45. The van der Waals surface area contributed by atoms with Gasteiger partial charge in [0.25, 0.3) is 5.91 Å². The van der Waals surface area contributed by atoms with E-state index >= 15 is 0 Å². The lowest BCUT2D eigenvalue weighted by atomic mass is 10.0. The van der Waals surface area contributed by atoms with Gasteiger partial charge in [0.15, 0.2) is 5.58 Å². The Kier molecular flexibility index (Phi) is 6.29. The van der Waals surface area contributed by atoms with Crippen molar-refractivity contribution in [3.8, 4) is 0 Å². The molecule has 0 bridgehead atoms. The lowest BCUT2D eigenvalue weighted by molar-refractivity contribution is -0.137. The first-order valence-electron chi connectivity index (χ1n) is 11.2. The molecule has 9 nitrogen and oxygen atoms in total. The number of para-hydroxylation sites is 1. The van der Waals surface area contributed by atoms with Crippen LogP contribution in [0.5, 0.6) is 0 Å². The molecule has 0 saturated carbocycles. The molecule has 0 radical (unpaired) electrons. The Bertz CT molecular complexity index is 1700. The molecule has 0 atom stereocenters. The zero-order valence-corrected chi connectivity index (χ0v) is 19.7. The molecular weight excluding hydrogens is 501 g/mol. The average molecular weight is 520 g/mol. The number of aromatic nitrogens is 3. The molecule has 12 heteroatoms. The Morgan fingerprint density at radius 3 is 2.53 bits per heavy atom. The van der Waals surface area contributed by atoms with Crippen LogP contribution in [0.15, 0.2) is 82.1 Å². The van der Waals surface area contributed by atoms with Gasteiger partial charge in [0.2, 0.25) is 5.95 Å².